The van der Waals surface area contributed by atoms with Crippen LogP contribution in [0.1, 0.15) is 15.9 Å². The first-order chi connectivity index (χ1) is 12.6. The molecule has 1 amide bonds. The lowest BCUT2D eigenvalue weighted by Crippen LogP contribution is -2.13. The Bertz CT molecular complexity index is 1120. The number of nitrogens with one attached hydrogen (secondary N) is 1. The Balaban J connectivity index is 1.64. The summed E-state index contributed by atoms with van der Waals surface area (Å²) < 4.78 is 19.5. The fourth-order valence-electron chi connectivity index (χ4n) is 2.75. The fraction of sp³-hybridized carbons (Fsp3) is 0.0476. The highest BCUT2D eigenvalue weighted by Gasteiger charge is 2.13. The molecule has 0 aliphatic carbocycles. The van der Waals surface area contributed by atoms with Crippen LogP contribution in [0.5, 0.6) is 0 Å². The van der Waals surface area contributed by atoms with Crippen molar-refractivity contribution in [3.05, 3.63) is 83.7 Å². The Kier molecular flexibility index (Phi) is 3.97. The second-order valence-electron chi connectivity index (χ2n) is 6.00. The summed E-state index contributed by atoms with van der Waals surface area (Å²) in [6, 6.07) is 18.9. The highest BCUT2D eigenvalue weighted by molar-refractivity contribution is 6.05. The molecule has 0 bridgehead atoms. The monoisotopic (exact) mass is 346 g/mol. The second kappa shape index (κ2) is 6.44. The van der Waals surface area contributed by atoms with E-state index in [1.807, 2.05) is 31.2 Å². The molecule has 0 aliphatic rings. The average Bonchev–Trinajstić information content (AvgIpc) is 3.05. The van der Waals surface area contributed by atoms with E-state index in [-0.39, 0.29) is 5.56 Å². The van der Waals surface area contributed by atoms with E-state index in [0.717, 1.165) is 11.1 Å². The molecule has 0 radical (unpaired) electrons. The Labute approximate surface area is 149 Å². The third-order valence-electron chi connectivity index (χ3n) is 4.03. The molecular formula is C21H15FN2O2. The number of benzene rings is 3. The Morgan fingerprint density at radius 2 is 1.88 bits per heavy atom. The summed E-state index contributed by atoms with van der Waals surface area (Å²) in [6.07, 6.45) is 0. The molecule has 1 heterocycles. The van der Waals surface area contributed by atoms with E-state index in [0.29, 0.717) is 22.7 Å². The summed E-state index contributed by atoms with van der Waals surface area (Å²) in [5.74, 6) is -0.555. The minimum absolute atomic E-state index is 0.00630. The number of amides is 1. The van der Waals surface area contributed by atoms with Crippen molar-refractivity contribution in [1.82, 2.24) is 4.98 Å². The van der Waals surface area contributed by atoms with Crippen molar-refractivity contribution >= 4 is 22.7 Å². The van der Waals surface area contributed by atoms with Crippen LogP contribution >= 0.6 is 0 Å². The molecule has 4 rings (SSSR count). The number of aryl methyl sites for hydroxylation is 1. The van der Waals surface area contributed by atoms with E-state index in [2.05, 4.69) is 10.3 Å². The van der Waals surface area contributed by atoms with Crippen molar-refractivity contribution < 1.29 is 13.6 Å². The zero-order chi connectivity index (χ0) is 18.1. The number of hydrogen-bond donors (Lipinski definition) is 1. The number of rotatable bonds is 3. The predicted molar refractivity (Wildman–Crippen MR) is 98.5 cm³/mol. The molecule has 4 nitrogen and oxygen atoms in total. The van der Waals surface area contributed by atoms with E-state index < -0.39 is 11.7 Å². The molecule has 0 saturated carbocycles. The van der Waals surface area contributed by atoms with Gasteiger partial charge in [-0.25, -0.2) is 9.37 Å². The molecule has 128 valence electrons. The first kappa shape index (κ1) is 16.0. The smallest absolute Gasteiger partial charge is 0.258 e. The van der Waals surface area contributed by atoms with Gasteiger partial charge < -0.3 is 9.73 Å². The van der Waals surface area contributed by atoms with Crippen LogP contribution in [0.2, 0.25) is 0 Å². The Hall–Kier alpha value is -3.47. The Morgan fingerprint density at radius 3 is 2.69 bits per heavy atom. The lowest BCUT2D eigenvalue weighted by Gasteiger charge is -2.05. The number of fused-ring (bicyclic) bond motifs is 1. The summed E-state index contributed by atoms with van der Waals surface area (Å²) in [7, 11) is 0. The number of carbonyl (C=O) groups excluding carboxylic acids is 1. The van der Waals surface area contributed by atoms with Crippen molar-refractivity contribution in [1.29, 1.82) is 0 Å². The first-order valence-corrected chi connectivity index (χ1v) is 8.14. The van der Waals surface area contributed by atoms with Gasteiger partial charge in [0, 0.05) is 11.3 Å². The van der Waals surface area contributed by atoms with Crippen LogP contribution < -0.4 is 5.32 Å². The van der Waals surface area contributed by atoms with Crippen LogP contribution in [0.4, 0.5) is 10.1 Å². The van der Waals surface area contributed by atoms with Gasteiger partial charge in [0.25, 0.3) is 5.91 Å². The molecule has 1 aromatic heterocycles. The van der Waals surface area contributed by atoms with Gasteiger partial charge in [-0.3, -0.25) is 4.79 Å². The maximum atomic E-state index is 13.7. The normalized spacial score (nSPS) is 10.8. The maximum Gasteiger partial charge on any atom is 0.258 e. The molecule has 3 aromatic carbocycles. The topological polar surface area (TPSA) is 55.1 Å². The van der Waals surface area contributed by atoms with E-state index in [1.165, 1.54) is 12.1 Å². The van der Waals surface area contributed by atoms with Gasteiger partial charge >= 0.3 is 0 Å². The van der Waals surface area contributed by atoms with Gasteiger partial charge in [-0.2, -0.15) is 0 Å². The highest BCUT2D eigenvalue weighted by Crippen LogP contribution is 2.27. The molecule has 1 N–H and O–H groups in total. The van der Waals surface area contributed by atoms with Crippen molar-refractivity contribution in [3.63, 3.8) is 0 Å². The van der Waals surface area contributed by atoms with E-state index in [9.17, 15) is 9.18 Å². The van der Waals surface area contributed by atoms with Gasteiger partial charge in [-0.05, 0) is 49.4 Å². The summed E-state index contributed by atoms with van der Waals surface area (Å²) >= 11 is 0. The van der Waals surface area contributed by atoms with Crippen molar-refractivity contribution in [2.45, 2.75) is 6.92 Å². The van der Waals surface area contributed by atoms with Gasteiger partial charge in [0.05, 0.1) is 5.56 Å². The SMILES string of the molecule is Cc1cccc(-c2nc3cc(NC(=O)c4ccccc4F)ccc3o2)c1. The number of halogens is 1. The standard InChI is InChI=1S/C21H15FN2O2/c1-13-5-4-6-14(11-13)21-24-18-12-15(9-10-19(18)26-21)23-20(25)16-7-2-3-8-17(16)22/h2-12H,1H3,(H,23,25). The van der Waals surface area contributed by atoms with E-state index in [1.54, 1.807) is 30.3 Å². The third-order valence-corrected chi connectivity index (χ3v) is 4.03. The molecule has 26 heavy (non-hydrogen) atoms. The number of hydrogen-bond acceptors (Lipinski definition) is 3. The van der Waals surface area contributed by atoms with Crippen LogP contribution in [0, 0.1) is 12.7 Å². The quantitative estimate of drug-likeness (QED) is 0.555. The summed E-state index contributed by atoms with van der Waals surface area (Å²) in [6.45, 7) is 2.00. The molecule has 0 aliphatic heterocycles. The average molecular weight is 346 g/mol. The zero-order valence-corrected chi connectivity index (χ0v) is 14.0. The number of oxazole rings is 1. The van der Waals surface area contributed by atoms with Crippen LogP contribution in [-0.2, 0) is 0 Å². The molecular weight excluding hydrogens is 331 g/mol. The van der Waals surface area contributed by atoms with Crippen molar-refractivity contribution in [2.24, 2.45) is 0 Å². The van der Waals surface area contributed by atoms with Gasteiger partial charge in [0.1, 0.15) is 11.3 Å². The largest absolute Gasteiger partial charge is 0.436 e. The van der Waals surface area contributed by atoms with Gasteiger partial charge in [-0.15, -0.1) is 0 Å². The number of anilines is 1. The zero-order valence-electron chi connectivity index (χ0n) is 14.0. The third kappa shape index (κ3) is 3.07. The molecule has 0 saturated heterocycles. The van der Waals surface area contributed by atoms with Crippen LogP contribution in [-0.4, -0.2) is 10.9 Å². The molecule has 0 spiro atoms. The number of nitrogens with zero attached hydrogens (tertiary/aromatic N) is 1. The minimum Gasteiger partial charge on any atom is -0.436 e. The lowest BCUT2D eigenvalue weighted by atomic mass is 10.1. The number of aromatic nitrogens is 1. The molecule has 4 aromatic rings. The second-order valence-corrected chi connectivity index (χ2v) is 6.00. The van der Waals surface area contributed by atoms with Gasteiger partial charge in [0.15, 0.2) is 5.58 Å². The first-order valence-electron chi connectivity index (χ1n) is 8.14. The molecule has 5 heteroatoms. The van der Waals surface area contributed by atoms with E-state index >= 15 is 0 Å². The Morgan fingerprint density at radius 1 is 1.04 bits per heavy atom. The summed E-state index contributed by atoms with van der Waals surface area (Å²) in [5, 5.41) is 2.69. The highest BCUT2D eigenvalue weighted by atomic mass is 19.1. The van der Waals surface area contributed by atoms with Crippen LogP contribution in [0.15, 0.2) is 71.1 Å². The minimum atomic E-state index is -0.561. The van der Waals surface area contributed by atoms with Crippen LogP contribution in [0.25, 0.3) is 22.6 Å². The maximum absolute atomic E-state index is 13.7. The fourth-order valence-corrected chi connectivity index (χ4v) is 2.75. The van der Waals surface area contributed by atoms with Gasteiger partial charge in [-0.1, -0.05) is 29.8 Å². The summed E-state index contributed by atoms with van der Waals surface area (Å²) in [5.41, 5.74) is 3.75. The van der Waals surface area contributed by atoms with Crippen LogP contribution in [0.3, 0.4) is 0 Å². The molecule has 0 atom stereocenters. The molecule has 0 fully saturated rings. The molecule has 0 unspecified atom stereocenters. The predicted octanol–water partition coefficient (Wildman–Crippen LogP) is 5.19. The summed E-state index contributed by atoms with van der Waals surface area (Å²) in [4.78, 5) is 16.7. The van der Waals surface area contributed by atoms with Gasteiger partial charge in [0.2, 0.25) is 5.89 Å². The van der Waals surface area contributed by atoms with Crippen molar-refractivity contribution in [2.75, 3.05) is 5.32 Å². The van der Waals surface area contributed by atoms with E-state index in [4.69, 9.17) is 4.42 Å². The lowest BCUT2D eigenvalue weighted by molar-refractivity contribution is 0.102. The van der Waals surface area contributed by atoms with Crippen molar-refractivity contribution in [3.8, 4) is 11.5 Å². The number of carbonyl (C=O) groups is 1.